The number of aromatic nitrogens is 4. The first kappa shape index (κ1) is 35.6. The van der Waals surface area contributed by atoms with Crippen molar-refractivity contribution in [2.24, 2.45) is 7.05 Å². The molecule has 0 unspecified atom stereocenters. The molecule has 6 rings (SSSR count). The lowest BCUT2D eigenvalue weighted by Crippen LogP contribution is -2.43. The van der Waals surface area contributed by atoms with E-state index in [1.54, 1.807) is 44.0 Å². The molecule has 1 aliphatic heterocycles. The summed E-state index contributed by atoms with van der Waals surface area (Å²) in [7, 11) is 2.99. The summed E-state index contributed by atoms with van der Waals surface area (Å²) in [6, 6.07) is 16.2. The number of aldehydes is 1. The number of amides is 2. The molecule has 1 N–H and O–H groups in total. The molecule has 3 aromatic heterocycles. The molecule has 1 fully saturated rings. The number of ether oxygens (including phenoxy) is 2. The Morgan fingerprint density at radius 1 is 1.04 bits per heavy atom. The summed E-state index contributed by atoms with van der Waals surface area (Å²) < 4.78 is 13.9. The number of hydrogen-bond acceptors (Lipinski definition) is 8. The van der Waals surface area contributed by atoms with Gasteiger partial charge in [-0.1, -0.05) is 59.6 Å². The molecule has 14 heteroatoms. The van der Waals surface area contributed by atoms with Gasteiger partial charge in [0.25, 0.3) is 5.56 Å². The second-order valence-electron chi connectivity index (χ2n) is 13.3. The molecule has 1 atom stereocenters. The molecule has 4 heterocycles. The normalized spacial score (nSPS) is 14.4. The third kappa shape index (κ3) is 7.33. The molecule has 0 radical (unpaired) electrons. The van der Waals surface area contributed by atoms with Gasteiger partial charge in [-0.15, -0.1) is 5.10 Å². The van der Waals surface area contributed by atoms with E-state index >= 15 is 0 Å². The highest BCUT2D eigenvalue weighted by Crippen LogP contribution is 2.42. The van der Waals surface area contributed by atoms with Gasteiger partial charge in [-0.25, -0.2) is 14.3 Å². The van der Waals surface area contributed by atoms with Crippen LogP contribution in [-0.2, 0) is 23.1 Å². The Labute approximate surface area is 303 Å². The van der Waals surface area contributed by atoms with Crippen LogP contribution in [0.25, 0.3) is 39.0 Å². The van der Waals surface area contributed by atoms with E-state index in [0.29, 0.717) is 79.6 Å². The smallest absolute Gasteiger partial charge is 0.410 e. The number of rotatable bonds is 9. The number of nitrogens with one attached hydrogen (secondary N) is 1. The number of benzene rings is 2. The van der Waals surface area contributed by atoms with Crippen molar-refractivity contribution in [1.82, 2.24) is 29.4 Å². The van der Waals surface area contributed by atoms with Gasteiger partial charge in [0.05, 0.1) is 29.4 Å². The summed E-state index contributed by atoms with van der Waals surface area (Å²) in [5, 5.41) is 7.96. The second-order valence-corrected chi connectivity index (χ2v) is 14.0. The molecule has 1 aliphatic rings. The largest absolute Gasteiger partial charge is 0.481 e. The Bertz CT molecular complexity index is 2240. The molecule has 0 aliphatic carbocycles. The zero-order valence-corrected chi connectivity index (χ0v) is 30.2. The molecule has 2 aromatic carbocycles. The Balaban J connectivity index is 1.33. The number of halogens is 2. The molecular formula is C37H36Cl2N6O6. The van der Waals surface area contributed by atoms with Gasteiger partial charge in [0.1, 0.15) is 11.1 Å². The summed E-state index contributed by atoms with van der Waals surface area (Å²) in [5.74, 6) is 0.254. The van der Waals surface area contributed by atoms with E-state index in [1.165, 1.54) is 23.2 Å². The van der Waals surface area contributed by atoms with E-state index in [-0.39, 0.29) is 36.4 Å². The average Bonchev–Trinajstić information content (AvgIpc) is 3.71. The first-order valence-corrected chi connectivity index (χ1v) is 17.0. The Morgan fingerprint density at radius 3 is 2.33 bits per heavy atom. The highest BCUT2D eigenvalue weighted by atomic mass is 35.5. The zero-order chi connectivity index (χ0) is 36.6. The number of pyridine rings is 1. The van der Waals surface area contributed by atoms with Crippen molar-refractivity contribution in [1.29, 1.82) is 0 Å². The van der Waals surface area contributed by atoms with Crippen LogP contribution in [0.5, 0.6) is 5.88 Å². The van der Waals surface area contributed by atoms with Crippen molar-refractivity contribution < 1.29 is 23.9 Å². The SMILES string of the molecule is COc1nc(-c2cccc(-c3cccc(-c4cc5c(=O)n(C)c(C=O)nn5c4)c3Cl)c2Cl)ccc1CN(C[C@@H]1CCC(=O)N1)C(=O)OC(C)(C)C. The second kappa shape index (κ2) is 14.2. The maximum Gasteiger partial charge on any atom is 0.410 e. The molecule has 5 aromatic rings. The molecule has 2 amide bonds. The van der Waals surface area contributed by atoms with E-state index in [1.807, 2.05) is 42.5 Å². The Kier molecular flexibility index (Phi) is 9.92. The molecule has 0 bridgehead atoms. The van der Waals surface area contributed by atoms with Crippen molar-refractivity contribution in [3.63, 3.8) is 0 Å². The molecule has 51 heavy (non-hydrogen) atoms. The van der Waals surface area contributed by atoms with Gasteiger partial charge in [-0.3, -0.25) is 19.0 Å². The Hall–Kier alpha value is -5.20. The van der Waals surface area contributed by atoms with Crippen LogP contribution in [0.4, 0.5) is 4.79 Å². The average molecular weight is 732 g/mol. The molecule has 264 valence electrons. The van der Waals surface area contributed by atoms with Gasteiger partial charge < -0.3 is 19.7 Å². The van der Waals surface area contributed by atoms with Crippen LogP contribution >= 0.6 is 23.2 Å². The van der Waals surface area contributed by atoms with Crippen LogP contribution in [0, 0.1) is 0 Å². The maximum absolute atomic E-state index is 13.2. The fraction of sp³-hybridized carbons (Fsp3) is 0.297. The number of carbonyl (C=O) groups is 3. The molecule has 0 spiro atoms. The highest BCUT2D eigenvalue weighted by Gasteiger charge is 2.29. The highest BCUT2D eigenvalue weighted by molar-refractivity contribution is 6.39. The number of nitrogens with zero attached hydrogens (tertiary/aromatic N) is 5. The summed E-state index contributed by atoms with van der Waals surface area (Å²) in [5.41, 5.74) is 3.61. The van der Waals surface area contributed by atoms with E-state index in [2.05, 4.69) is 10.4 Å². The maximum atomic E-state index is 13.2. The van der Waals surface area contributed by atoms with Gasteiger partial charge in [-0.2, -0.15) is 0 Å². The number of fused-ring (bicyclic) bond motifs is 1. The number of hydrogen-bond donors (Lipinski definition) is 1. The third-order valence-corrected chi connectivity index (χ3v) is 9.34. The van der Waals surface area contributed by atoms with Gasteiger partial charge in [0, 0.05) is 65.6 Å². The number of methoxy groups -OCH3 is 1. The van der Waals surface area contributed by atoms with Crippen LogP contribution in [0.3, 0.4) is 0 Å². The monoisotopic (exact) mass is 730 g/mol. The van der Waals surface area contributed by atoms with Crippen molar-refractivity contribution in [2.45, 2.75) is 51.8 Å². The van der Waals surface area contributed by atoms with Gasteiger partial charge in [0.2, 0.25) is 11.8 Å². The molecule has 1 saturated heterocycles. The van der Waals surface area contributed by atoms with Crippen LogP contribution in [0.15, 0.2) is 65.6 Å². The van der Waals surface area contributed by atoms with Crippen molar-refractivity contribution in [3.05, 3.63) is 92.6 Å². The predicted octanol–water partition coefficient (Wildman–Crippen LogP) is 6.57. The van der Waals surface area contributed by atoms with E-state index in [9.17, 15) is 19.2 Å². The van der Waals surface area contributed by atoms with Gasteiger partial charge in [-0.05, 0) is 45.4 Å². The van der Waals surface area contributed by atoms with Gasteiger partial charge in [0.15, 0.2) is 12.1 Å². The minimum atomic E-state index is -0.710. The summed E-state index contributed by atoms with van der Waals surface area (Å²) in [6.07, 6.45) is 2.70. The van der Waals surface area contributed by atoms with Crippen molar-refractivity contribution in [3.8, 4) is 39.4 Å². The molecular weight excluding hydrogens is 695 g/mol. The van der Waals surface area contributed by atoms with E-state index in [4.69, 9.17) is 37.7 Å². The minimum Gasteiger partial charge on any atom is -0.481 e. The zero-order valence-electron chi connectivity index (χ0n) is 28.7. The summed E-state index contributed by atoms with van der Waals surface area (Å²) >= 11 is 14.1. The first-order valence-electron chi connectivity index (χ1n) is 16.2. The number of carbonyl (C=O) groups excluding carboxylic acids is 3. The van der Waals surface area contributed by atoms with Crippen LogP contribution in [-0.4, -0.2) is 67.6 Å². The van der Waals surface area contributed by atoms with E-state index < -0.39 is 11.7 Å². The van der Waals surface area contributed by atoms with Crippen LogP contribution < -0.4 is 15.6 Å². The molecule has 0 saturated carbocycles. The Morgan fingerprint density at radius 2 is 1.71 bits per heavy atom. The third-order valence-electron chi connectivity index (χ3n) is 8.53. The van der Waals surface area contributed by atoms with E-state index in [0.717, 1.165) is 0 Å². The lowest BCUT2D eigenvalue weighted by Gasteiger charge is -2.29. The van der Waals surface area contributed by atoms with Crippen molar-refractivity contribution >= 4 is 47.0 Å². The summed E-state index contributed by atoms with van der Waals surface area (Å²) in [6.45, 7) is 5.81. The predicted molar refractivity (Wildman–Crippen MR) is 194 cm³/mol. The fourth-order valence-electron chi connectivity index (χ4n) is 6.03. The first-order chi connectivity index (χ1) is 24.3. The standard InChI is InChI=1S/C37H36Cl2N6O6/c1-37(2,3)51-36(49)44(19-23-13-15-31(47)40-23)17-21-12-14-28(41-34(21)50-5)27-11-7-10-26(33(27)39)25-9-6-8-24(32(25)38)22-16-29-35(48)43(4)30(20-46)42-45(29)18-22/h6-12,14,16,18,20,23H,13,15,17,19H2,1-5H3,(H,40,47)/t23-/m0/s1. The van der Waals surface area contributed by atoms with Crippen molar-refractivity contribution in [2.75, 3.05) is 13.7 Å². The minimum absolute atomic E-state index is 0.00389. The van der Waals surface area contributed by atoms with Gasteiger partial charge >= 0.3 is 6.09 Å². The topological polar surface area (TPSA) is 137 Å². The fourth-order valence-corrected chi connectivity index (χ4v) is 6.69. The quantitative estimate of drug-likeness (QED) is 0.168. The van der Waals surface area contributed by atoms with Crippen LogP contribution in [0.1, 0.15) is 49.8 Å². The summed E-state index contributed by atoms with van der Waals surface area (Å²) in [4.78, 5) is 55.7. The lowest BCUT2D eigenvalue weighted by atomic mass is 9.97. The molecule has 12 nitrogen and oxygen atoms in total. The van der Waals surface area contributed by atoms with Crippen LogP contribution in [0.2, 0.25) is 10.0 Å². The lowest BCUT2D eigenvalue weighted by molar-refractivity contribution is -0.119.